The quantitative estimate of drug-likeness (QED) is 0.905. The van der Waals surface area contributed by atoms with Crippen molar-refractivity contribution >= 4 is 16.5 Å². The SMILES string of the molecule is c1sc(N2CC3CCCC3C2)nc1CNC1CC1. The molecular formula is C14H21N3S. The van der Waals surface area contributed by atoms with Crippen LogP contribution in [0.4, 0.5) is 5.13 Å². The van der Waals surface area contributed by atoms with E-state index in [0.717, 1.165) is 24.4 Å². The number of rotatable bonds is 4. The summed E-state index contributed by atoms with van der Waals surface area (Å²) in [6.07, 6.45) is 7.06. The molecule has 1 aromatic rings. The lowest BCUT2D eigenvalue weighted by Gasteiger charge is -2.15. The third-order valence-electron chi connectivity index (χ3n) is 4.69. The molecule has 98 valence electrons. The highest BCUT2D eigenvalue weighted by Crippen LogP contribution is 2.40. The molecule has 3 nitrogen and oxygen atoms in total. The Balaban J connectivity index is 1.39. The van der Waals surface area contributed by atoms with Crippen molar-refractivity contribution in [1.29, 1.82) is 0 Å². The largest absolute Gasteiger partial charge is 0.348 e. The first-order chi connectivity index (χ1) is 8.88. The highest BCUT2D eigenvalue weighted by Gasteiger charge is 2.36. The third-order valence-corrected chi connectivity index (χ3v) is 5.64. The summed E-state index contributed by atoms with van der Waals surface area (Å²) in [5, 5.41) is 7.04. The summed E-state index contributed by atoms with van der Waals surface area (Å²) in [5.41, 5.74) is 1.24. The third kappa shape index (κ3) is 2.16. The van der Waals surface area contributed by atoms with Crippen LogP contribution in [-0.4, -0.2) is 24.1 Å². The Morgan fingerprint density at radius 1 is 1.22 bits per heavy atom. The molecular weight excluding hydrogens is 242 g/mol. The van der Waals surface area contributed by atoms with E-state index in [1.165, 1.54) is 56.0 Å². The van der Waals surface area contributed by atoms with E-state index in [0.29, 0.717) is 0 Å². The number of hydrogen-bond acceptors (Lipinski definition) is 4. The zero-order valence-electron chi connectivity index (χ0n) is 10.8. The van der Waals surface area contributed by atoms with Gasteiger partial charge in [0.25, 0.3) is 0 Å². The van der Waals surface area contributed by atoms with Gasteiger partial charge in [0.15, 0.2) is 5.13 Å². The maximum atomic E-state index is 4.80. The molecule has 3 fully saturated rings. The van der Waals surface area contributed by atoms with E-state index in [2.05, 4.69) is 15.6 Å². The van der Waals surface area contributed by atoms with Crippen LogP contribution in [0.3, 0.4) is 0 Å². The van der Waals surface area contributed by atoms with Crippen LogP contribution in [0.2, 0.25) is 0 Å². The fraction of sp³-hybridized carbons (Fsp3) is 0.786. The summed E-state index contributed by atoms with van der Waals surface area (Å²) >= 11 is 1.83. The van der Waals surface area contributed by atoms with Gasteiger partial charge in [0.05, 0.1) is 5.69 Å². The standard InChI is InChI=1S/C14H21N3S/c1-2-10-7-17(8-11(10)3-1)14-16-13(9-18-14)6-15-12-4-5-12/h9-12,15H,1-8H2. The fourth-order valence-corrected chi connectivity index (χ4v) is 4.30. The summed E-state index contributed by atoms with van der Waals surface area (Å²) < 4.78 is 0. The average molecular weight is 263 g/mol. The van der Waals surface area contributed by atoms with Gasteiger partial charge in [-0.15, -0.1) is 11.3 Å². The first-order valence-corrected chi connectivity index (χ1v) is 8.19. The summed E-state index contributed by atoms with van der Waals surface area (Å²) in [7, 11) is 0. The second-order valence-corrected chi connectivity index (χ2v) is 6.97. The van der Waals surface area contributed by atoms with Gasteiger partial charge in [-0.05, 0) is 37.5 Å². The number of hydrogen-bond donors (Lipinski definition) is 1. The van der Waals surface area contributed by atoms with E-state index < -0.39 is 0 Å². The van der Waals surface area contributed by atoms with Crippen LogP contribution in [0, 0.1) is 11.8 Å². The van der Waals surface area contributed by atoms with Crippen LogP contribution in [0.15, 0.2) is 5.38 Å². The first-order valence-electron chi connectivity index (χ1n) is 7.31. The van der Waals surface area contributed by atoms with Gasteiger partial charge in [0.2, 0.25) is 0 Å². The summed E-state index contributed by atoms with van der Waals surface area (Å²) in [4.78, 5) is 7.33. The molecule has 1 saturated heterocycles. The predicted molar refractivity (Wildman–Crippen MR) is 75.0 cm³/mol. The lowest BCUT2D eigenvalue weighted by atomic mass is 10.0. The van der Waals surface area contributed by atoms with Gasteiger partial charge in [-0.1, -0.05) is 6.42 Å². The maximum absolute atomic E-state index is 4.80. The fourth-order valence-electron chi connectivity index (χ4n) is 3.45. The normalized spacial score (nSPS) is 31.0. The Morgan fingerprint density at radius 2 is 2.00 bits per heavy atom. The molecule has 2 heterocycles. The maximum Gasteiger partial charge on any atom is 0.185 e. The summed E-state index contributed by atoms with van der Waals surface area (Å²) in [5.74, 6) is 1.92. The van der Waals surface area contributed by atoms with Crippen molar-refractivity contribution in [1.82, 2.24) is 10.3 Å². The highest BCUT2D eigenvalue weighted by atomic mass is 32.1. The van der Waals surface area contributed by atoms with Crippen LogP contribution >= 0.6 is 11.3 Å². The van der Waals surface area contributed by atoms with Gasteiger partial charge >= 0.3 is 0 Å². The zero-order valence-corrected chi connectivity index (χ0v) is 11.6. The van der Waals surface area contributed by atoms with Crippen molar-refractivity contribution in [2.75, 3.05) is 18.0 Å². The van der Waals surface area contributed by atoms with Crippen LogP contribution < -0.4 is 10.2 Å². The van der Waals surface area contributed by atoms with E-state index in [1.54, 1.807) is 0 Å². The monoisotopic (exact) mass is 263 g/mol. The van der Waals surface area contributed by atoms with E-state index in [4.69, 9.17) is 4.98 Å². The Hall–Kier alpha value is -0.610. The Bertz CT molecular complexity index is 414. The summed E-state index contributed by atoms with van der Waals surface area (Å²) in [6, 6.07) is 0.779. The molecule has 0 spiro atoms. The van der Waals surface area contributed by atoms with Crippen LogP contribution in [-0.2, 0) is 6.54 Å². The molecule has 0 radical (unpaired) electrons. The van der Waals surface area contributed by atoms with Crippen molar-refractivity contribution in [3.8, 4) is 0 Å². The minimum atomic E-state index is 0.779. The van der Waals surface area contributed by atoms with Crippen molar-refractivity contribution in [3.05, 3.63) is 11.1 Å². The van der Waals surface area contributed by atoms with Crippen molar-refractivity contribution < 1.29 is 0 Å². The van der Waals surface area contributed by atoms with Gasteiger partial charge in [0, 0.05) is 31.1 Å². The van der Waals surface area contributed by atoms with E-state index in [-0.39, 0.29) is 0 Å². The van der Waals surface area contributed by atoms with Gasteiger partial charge in [-0.25, -0.2) is 4.98 Å². The zero-order chi connectivity index (χ0) is 11.9. The highest BCUT2D eigenvalue weighted by molar-refractivity contribution is 7.13. The van der Waals surface area contributed by atoms with Crippen LogP contribution in [0.5, 0.6) is 0 Å². The van der Waals surface area contributed by atoms with Gasteiger partial charge < -0.3 is 10.2 Å². The number of anilines is 1. The van der Waals surface area contributed by atoms with E-state index in [9.17, 15) is 0 Å². The predicted octanol–water partition coefficient (Wildman–Crippen LogP) is 2.63. The van der Waals surface area contributed by atoms with E-state index in [1.807, 2.05) is 11.3 Å². The van der Waals surface area contributed by atoms with Gasteiger partial charge in [0.1, 0.15) is 0 Å². The average Bonchev–Trinajstić information content (AvgIpc) is 2.79. The van der Waals surface area contributed by atoms with Crippen LogP contribution in [0.1, 0.15) is 37.8 Å². The van der Waals surface area contributed by atoms with Crippen molar-refractivity contribution in [2.24, 2.45) is 11.8 Å². The minimum Gasteiger partial charge on any atom is -0.348 e. The number of nitrogens with zero attached hydrogens (tertiary/aromatic N) is 2. The lowest BCUT2D eigenvalue weighted by Crippen LogP contribution is -2.21. The van der Waals surface area contributed by atoms with Gasteiger partial charge in [-0.2, -0.15) is 0 Å². The molecule has 4 rings (SSSR count). The minimum absolute atomic E-state index is 0.779. The molecule has 2 unspecified atom stereocenters. The Morgan fingerprint density at radius 3 is 2.72 bits per heavy atom. The molecule has 2 saturated carbocycles. The first kappa shape index (κ1) is 11.2. The lowest BCUT2D eigenvalue weighted by molar-refractivity contribution is 0.494. The molecule has 4 heteroatoms. The molecule has 1 aromatic heterocycles. The Labute approximate surface area is 113 Å². The summed E-state index contributed by atoms with van der Waals surface area (Å²) in [6.45, 7) is 3.48. The van der Waals surface area contributed by atoms with Gasteiger partial charge in [-0.3, -0.25) is 0 Å². The molecule has 0 bridgehead atoms. The number of aromatic nitrogens is 1. The van der Waals surface area contributed by atoms with Crippen molar-refractivity contribution in [3.63, 3.8) is 0 Å². The smallest absolute Gasteiger partial charge is 0.185 e. The molecule has 1 aliphatic heterocycles. The number of fused-ring (bicyclic) bond motifs is 1. The molecule has 2 atom stereocenters. The molecule has 18 heavy (non-hydrogen) atoms. The van der Waals surface area contributed by atoms with Crippen LogP contribution in [0.25, 0.3) is 0 Å². The number of nitrogens with one attached hydrogen (secondary N) is 1. The van der Waals surface area contributed by atoms with E-state index >= 15 is 0 Å². The Kier molecular flexibility index (Phi) is 2.81. The topological polar surface area (TPSA) is 28.2 Å². The van der Waals surface area contributed by atoms with Crippen molar-refractivity contribution in [2.45, 2.75) is 44.7 Å². The molecule has 0 amide bonds. The molecule has 3 aliphatic rings. The number of thiazole rings is 1. The molecule has 0 aromatic carbocycles. The molecule has 2 aliphatic carbocycles. The molecule has 1 N–H and O–H groups in total. The second-order valence-electron chi connectivity index (χ2n) is 6.13. The second kappa shape index (κ2) is 4.49.